The fourth-order valence-electron chi connectivity index (χ4n) is 4.13. The Morgan fingerprint density at radius 2 is 1.66 bits per heavy atom. The highest BCUT2D eigenvalue weighted by Gasteiger charge is 2.29. The van der Waals surface area contributed by atoms with Crippen molar-refractivity contribution >= 4 is 17.1 Å². The molecule has 3 aromatic heterocycles. The Kier molecular flexibility index (Phi) is 5.27. The monoisotopic (exact) mass is 424 g/mol. The van der Waals surface area contributed by atoms with E-state index < -0.39 is 0 Å². The summed E-state index contributed by atoms with van der Waals surface area (Å²) in [6.45, 7) is 2.53. The van der Waals surface area contributed by atoms with Crippen LogP contribution in [0.4, 0.5) is 4.79 Å². The van der Waals surface area contributed by atoms with Gasteiger partial charge in [-0.1, -0.05) is 17.3 Å². The maximum atomic E-state index is 13.1. The Balaban J connectivity index is 1.35. The van der Waals surface area contributed by atoms with Crippen molar-refractivity contribution in [1.29, 1.82) is 5.26 Å². The fraction of sp³-hybridized carbons (Fsp3) is 0.217. The molecular formula is C23H20N8O. The van der Waals surface area contributed by atoms with E-state index in [0.29, 0.717) is 42.8 Å². The number of hydrogen-bond acceptors (Lipinski definition) is 7. The smallest absolute Gasteiger partial charge is 0.320 e. The second-order valence-electron chi connectivity index (χ2n) is 7.60. The summed E-state index contributed by atoms with van der Waals surface area (Å²) in [5.74, 6) is 0. The molecule has 0 aliphatic carbocycles. The normalized spacial score (nSPS) is 14.6. The fourth-order valence-corrected chi connectivity index (χ4v) is 4.13. The van der Waals surface area contributed by atoms with Crippen molar-refractivity contribution in [3.05, 3.63) is 83.9 Å². The van der Waals surface area contributed by atoms with Crippen LogP contribution in [-0.2, 0) is 0 Å². The zero-order chi connectivity index (χ0) is 21.9. The van der Waals surface area contributed by atoms with Crippen molar-refractivity contribution in [2.24, 2.45) is 0 Å². The Labute approximate surface area is 184 Å². The van der Waals surface area contributed by atoms with Crippen molar-refractivity contribution in [3.63, 3.8) is 0 Å². The quantitative estimate of drug-likeness (QED) is 0.498. The maximum absolute atomic E-state index is 13.1. The number of benzene rings is 1. The lowest BCUT2D eigenvalue weighted by atomic mass is 9.99. The van der Waals surface area contributed by atoms with Crippen LogP contribution in [0.3, 0.4) is 0 Å². The first-order valence-electron chi connectivity index (χ1n) is 10.3. The molecule has 9 nitrogen and oxygen atoms in total. The highest BCUT2D eigenvalue weighted by atomic mass is 16.2. The van der Waals surface area contributed by atoms with E-state index in [1.165, 1.54) is 4.68 Å². The summed E-state index contributed by atoms with van der Waals surface area (Å²) in [4.78, 5) is 25.8. The van der Waals surface area contributed by atoms with Gasteiger partial charge in [0.05, 0.1) is 23.2 Å². The number of rotatable bonds is 3. The largest absolute Gasteiger partial charge is 0.346 e. The predicted molar refractivity (Wildman–Crippen MR) is 117 cm³/mol. The van der Waals surface area contributed by atoms with Gasteiger partial charge in [-0.05, 0) is 41.5 Å². The number of aromatic nitrogens is 5. The molecule has 1 aliphatic rings. The summed E-state index contributed by atoms with van der Waals surface area (Å²) < 4.78 is 1.31. The van der Waals surface area contributed by atoms with Gasteiger partial charge in [0.2, 0.25) is 0 Å². The molecule has 0 atom stereocenters. The molecule has 0 bridgehead atoms. The molecule has 158 valence electrons. The lowest BCUT2D eigenvalue weighted by molar-refractivity contribution is 0.119. The van der Waals surface area contributed by atoms with E-state index in [1.54, 1.807) is 35.5 Å². The van der Waals surface area contributed by atoms with Crippen molar-refractivity contribution in [2.75, 3.05) is 26.2 Å². The van der Waals surface area contributed by atoms with Crippen LogP contribution in [0.25, 0.3) is 11.0 Å². The number of nitriles is 1. The van der Waals surface area contributed by atoms with E-state index in [0.717, 1.165) is 11.1 Å². The van der Waals surface area contributed by atoms with Crippen molar-refractivity contribution in [2.45, 2.75) is 6.04 Å². The third-order valence-corrected chi connectivity index (χ3v) is 5.71. The van der Waals surface area contributed by atoms with Gasteiger partial charge in [-0.3, -0.25) is 14.9 Å². The second kappa shape index (κ2) is 8.53. The minimum atomic E-state index is -0.212. The van der Waals surface area contributed by atoms with Crippen LogP contribution < -0.4 is 0 Å². The van der Waals surface area contributed by atoms with Gasteiger partial charge >= 0.3 is 6.03 Å². The molecule has 1 aromatic carbocycles. The number of fused-ring (bicyclic) bond motifs is 1. The van der Waals surface area contributed by atoms with Gasteiger partial charge < -0.3 is 4.90 Å². The number of carbonyl (C=O) groups is 1. The summed E-state index contributed by atoms with van der Waals surface area (Å²) in [7, 11) is 0. The zero-order valence-electron chi connectivity index (χ0n) is 17.2. The number of amides is 1. The minimum Gasteiger partial charge on any atom is -0.320 e. The molecule has 0 radical (unpaired) electrons. The van der Waals surface area contributed by atoms with Gasteiger partial charge in [-0.15, -0.1) is 5.10 Å². The van der Waals surface area contributed by atoms with Crippen LogP contribution in [0.15, 0.2) is 67.3 Å². The Bertz CT molecular complexity index is 1230. The molecule has 5 rings (SSSR count). The molecule has 4 heterocycles. The molecule has 0 N–H and O–H groups in total. The summed E-state index contributed by atoms with van der Waals surface area (Å²) in [6.07, 6.45) is 7.29. The average Bonchev–Trinajstić information content (AvgIpc) is 3.29. The molecular weight excluding hydrogens is 404 g/mol. The van der Waals surface area contributed by atoms with Gasteiger partial charge in [0, 0.05) is 51.0 Å². The molecule has 1 amide bonds. The average molecular weight is 424 g/mol. The number of piperazine rings is 1. The molecule has 32 heavy (non-hydrogen) atoms. The van der Waals surface area contributed by atoms with Gasteiger partial charge in [-0.2, -0.15) is 9.94 Å². The number of pyridine rings is 2. The number of carbonyl (C=O) groups excluding carboxylic acids is 1. The van der Waals surface area contributed by atoms with Crippen LogP contribution in [0, 0.1) is 11.3 Å². The predicted octanol–water partition coefficient (Wildman–Crippen LogP) is 2.47. The SMILES string of the molecule is N#Cc1ccc2c(c1)nnn2C(=O)N1CCN(C(c2cccnc2)c2cccnc2)CC1. The van der Waals surface area contributed by atoms with Gasteiger partial charge in [-0.25, -0.2) is 4.79 Å². The van der Waals surface area contributed by atoms with Crippen LogP contribution in [-0.4, -0.2) is 67.0 Å². The Hall–Kier alpha value is -4.16. The number of nitrogens with zero attached hydrogens (tertiary/aromatic N) is 8. The number of hydrogen-bond donors (Lipinski definition) is 0. The van der Waals surface area contributed by atoms with Crippen molar-refractivity contribution < 1.29 is 4.79 Å². The second-order valence-corrected chi connectivity index (χ2v) is 7.60. The van der Waals surface area contributed by atoms with Gasteiger partial charge in [0.25, 0.3) is 0 Å². The Morgan fingerprint density at radius 3 is 2.25 bits per heavy atom. The maximum Gasteiger partial charge on any atom is 0.346 e. The van der Waals surface area contributed by atoms with E-state index in [1.807, 2.05) is 24.5 Å². The first-order chi connectivity index (χ1) is 15.7. The Morgan fingerprint density at radius 1 is 0.969 bits per heavy atom. The van der Waals surface area contributed by atoms with E-state index in [2.05, 4.69) is 43.4 Å². The highest BCUT2D eigenvalue weighted by Crippen LogP contribution is 2.28. The molecule has 4 aromatic rings. The molecule has 1 aliphatic heterocycles. The zero-order valence-corrected chi connectivity index (χ0v) is 17.2. The highest BCUT2D eigenvalue weighted by molar-refractivity contribution is 5.88. The van der Waals surface area contributed by atoms with E-state index in [-0.39, 0.29) is 12.1 Å². The molecule has 1 saturated heterocycles. The van der Waals surface area contributed by atoms with Crippen LogP contribution in [0.5, 0.6) is 0 Å². The first-order valence-corrected chi connectivity index (χ1v) is 10.3. The summed E-state index contributed by atoms with van der Waals surface area (Å²) in [6, 6.07) is 14.9. The van der Waals surface area contributed by atoms with Gasteiger partial charge in [0.15, 0.2) is 0 Å². The van der Waals surface area contributed by atoms with E-state index >= 15 is 0 Å². The van der Waals surface area contributed by atoms with Crippen LogP contribution in [0.1, 0.15) is 22.7 Å². The standard InChI is InChI=1S/C23H20N8O/c24-14-17-5-6-21-20(13-17)27-28-31(21)23(32)30-11-9-29(10-12-30)22(18-3-1-7-25-15-18)19-4-2-8-26-16-19/h1-8,13,15-16,22H,9-12H2. The summed E-state index contributed by atoms with van der Waals surface area (Å²) >= 11 is 0. The molecule has 9 heteroatoms. The first kappa shape index (κ1) is 19.8. The van der Waals surface area contributed by atoms with Crippen LogP contribution in [0.2, 0.25) is 0 Å². The molecule has 0 spiro atoms. The third kappa shape index (κ3) is 3.68. The lowest BCUT2D eigenvalue weighted by Gasteiger charge is -2.39. The van der Waals surface area contributed by atoms with Gasteiger partial charge in [0.1, 0.15) is 5.52 Å². The molecule has 1 fully saturated rings. The summed E-state index contributed by atoms with van der Waals surface area (Å²) in [5, 5.41) is 17.1. The van der Waals surface area contributed by atoms with Crippen molar-refractivity contribution in [3.8, 4) is 6.07 Å². The topological polar surface area (TPSA) is 104 Å². The van der Waals surface area contributed by atoms with Crippen LogP contribution >= 0.6 is 0 Å². The lowest BCUT2D eigenvalue weighted by Crippen LogP contribution is -2.51. The molecule has 0 saturated carbocycles. The minimum absolute atomic E-state index is 0.0197. The van der Waals surface area contributed by atoms with E-state index in [4.69, 9.17) is 5.26 Å². The van der Waals surface area contributed by atoms with E-state index in [9.17, 15) is 4.79 Å². The third-order valence-electron chi connectivity index (χ3n) is 5.71. The summed E-state index contributed by atoms with van der Waals surface area (Å²) in [5.41, 5.74) is 3.80. The van der Waals surface area contributed by atoms with Crippen molar-refractivity contribution in [1.82, 2.24) is 34.8 Å². The molecule has 0 unspecified atom stereocenters.